The summed E-state index contributed by atoms with van der Waals surface area (Å²) in [4.78, 5) is 87.0. The molecule has 1 aromatic heterocycles. The molecular formula is C28H28BrN5O12S2. The number of rotatable bonds is 13. The summed E-state index contributed by atoms with van der Waals surface area (Å²) >= 11 is 5.03. The van der Waals surface area contributed by atoms with Crippen LogP contribution in [-0.4, -0.2) is 101 Å². The molecule has 3 atom stereocenters. The lowest BCUT2D eigenvalue weighted by molar-refractivity contribution is -0.161. The zero-order valence-electron chi connectivity index (χ0n) is 25.3. The molecule has 17 nitrogen and oxygen atoms in total. The maximum atomic E-state index is 13.5. The number of halogens is 1. The molecule has 256 valence electrons. The number of esters is 1. The van der Waals surface area contributed by atoms with Crippen molar-refractivity contribution in [1.82, 2.24) is 15.2 Å². The highest BCUT2D eigenvalue weighted by molar-refractivity contribution is 9.10. The number of fused-ring (bicyclic) bond motifs is 1. The van der Waals surface area contributed by atoms with E-state index in [9.17, 15) is 49.2 Å². The van der Waals surface area contributed by atoms with E-state index < -0.39 is 87.8 Å². The highest BCUT2D eigenvalue weighted by Gasteiger charge is 2.55. The molecule has 2 aromatic rings. The first-order valence-corrected chi connectivity index (χ1v) is 16.5. The molecule has 0 bridgehead atoms. The Morgan fingerprint density at radius 2 is 1.92 bits per heavy atom. The van der Waals surface area contributed by atoms with E-state index in [4.69, 9.17) is 15.3 Å². The van der Waals surface area contributed by atoms with Gasteiger partial charge in [-0.05, 0) is 60.8 Å². The zero-order chi connectivity index (χ0) is 35.7. The number of aliphatic carboxylic acids is 2. The Morgan fingerprint density at radius 1 is 1.23 bits per heavy atom. The summed E-state index contributed by atoms with van der Waals surface area (Å²) in [5.41, 5.74) is 2.69. The van der Waals surface area contributed by atoms with E-state index in [-0.39, 0.29) is 38.8 Å². The van der Waals surface area contributed by atoms with Gasteiger partial charge < -0.3 is 41.1 Å². The lowest BCUT2D eigenvalue weighted by Crippen LogP contribution is -2.71. The molecule has 1 saturated heterocycles. The predicted molar refractivity (Wildman–Crippen MR) is 172 cm³/mol. The number of carbonyl (C=O) groups excluding carboxylic acids is 4. The number of carbonyl (C=O) groups is 6. The number of carboxylic acids is 2. The molecule has 0 aliphatic carbocycles. The molecule has 2 aliphatic rings. The van der Waals surface area contributed by atoms with Gasteiger partial charge in [0.15, 0.2) is 28.1 Å². The van der Waals surface area contributed by atoms with Crippen molar-refractivity contribution < 1.29 is 58.8 Å². The number of aromatic nitrogens is 1. The van der Waals surface area contributed by atoms with Gasteiger partial charge in [-0.2, -0.15) is 0 Å². The number of thiazole rings is 1. The highest BCUT2D eigenvalue weighted by atomic mass is 79.9. The Balaban J connectivity index is 1.61. The van der Waals surface area contributed by atoms with E-state index in [1.54, 1.807) is 0 Å². The average Bonchev–Trinajstić information content (AvgIpc) is 3.45. The van der Waals surface area contributed by atoms with E-state index in [1.807, 2.05) is 0 Å². The topological polar surface area (TPSA) is 268 Å². The fraction of sp³-hybridized carbons (Fsp3) is 0.357. The van der Waals surface area contributed by atoms with Gasteiger partial charge in [0.1, 0.15) is 28.7 Å². The van der Waals surface area contributed by atoms with Crippen molar-refractivity contribution in [2.24, 2.45) is 11.1 Å². The molecule has 2 aliphatic heterocycles. The first-order chi connectivity index (χ1) is 22.5. The first-order valence-electron chi connectivity index (χ1n) is 13.8. The third kappa shape index (κ3) is 7.24. The van der Waals surface area contributed by atoms with E-state index in [0.717, 1.165) is 34.1 Å². The second kappa shape index (κ2) is 14.2. The fourth-order valence-electron chi connectivity index (χ4n) is 4.55. The summed E-state index contributed by atoms with van der Waals surface area (Å²) in [7, 11) is 0. The van der Waals surface area contributed by atoms with Crippen LogP contribution >= 0.6 is 39.0 Å². The van der Waals surface area contributed by atoms with E-state index in [0.29, 0.717) is 0 Å². The molecule has 0 spiro atoms. The van der Waals surface area contributed by atoms with Gasteiger partial charge in [0, 0.05) is 16.7 Å². The molecule has 20 heteroatoms. The summed E-state index contributed by atoms with van der Waals surface area (Å²) in [6, 6.07) is 0.871. The Kier molecular flexibility index (Phi) is 10.7. The van der Waals surface area contributed by atoms with Crippen molar-refractivity contribution in [2.45, 2.75) is 44.2 Å². The highest BCUT2D eigenvalue weighted by Crippen LogP contribution is 2.43. The van der Waals surface area contributed by atoms with Crippen molar-refractivity contribution in [1.29, 1.82) is 0 Å². The molecule has 7 N–H and O–H groups in total. The number of phenols is 2. The number of β-lactam (4-membered cyclic amide) rings is 1. The number of hydrogen-bond acceptors (Lipinski definition) is 15. The standard InChI is InChI=1S/C28H28BrN5O12S2/c1-4-45-25(42)12(19(36)10-6-13(29)20(37)15(35)7-10)5-11-8-47-23-17(22(39)34(23)18(11)24(40)41)32-21(38)16(14-9-48-27(30)31-14)33-46-28(2,3)26(43)44/h6-7,9,12,17,23,35,37H,4-5,8H2,1-3H3,(H2,30,31)(H,32,38)(H,40,41)(H,43,44)/b33-16-/t12?,17-,23?/m1/s1. The third-order valence-corrected chi connectivity index (χ3v) is 9.68. The smallest absolute Gasteiger partial charge is 0.352 e. The van der Waals surface area contributed by atoms with E-state index >= 15 is 0 Å². The summed E-state index contributed by atoms with van der Waals surface area (Å²) in [6.07, 6.45) is -0.460. The molecule has 0 saturated carbocycles. The molecule has 2 unspecified atom stereocenters. The Morgan fingerprint density at radius 3 is 2.48 bits per heavy atom. The minimum absolute atomic E-state index is 0.0298. The number of nitrogens with zero attached hydrogens (tertiary/aromatic N) is 3. The maximum Gasteiger partial charge on any atom is 0.352 e. The van der Waals surface area contributed by atoms with Crippen molar-refractivity contribution in [3.05, 3.63) is 44.5 Å². The number of oxime groups is 1. The number of thioether (sulfide) groups is 1. The van der Waals surface area contributed by atoms with Crippen molar-refractivity contribution in [3.63, 3.8) is 0 Å². The number of aromatic hydroxyl groups is 2. The maximum absolute atomic E-state index is 13.5. The average molecular weight is 771 g/mol. The number of ketones is 1. The quantitative estimate of drug-likeness (QED) is 0.0322. The van der Waals surface area contributed by atoms with Crippen LogP contribution in [-0.2, 0) is 33.5 Å². The second-order valence-electron chi connectivity index (χ2n) is 10.7. The van der Waals surface area contributed by atoms with Crippen LogP contribution in [0.3, 0.4) is 0 Å². The Hall–Kier alpha value is -4.69. The summed E-state index contributed by atoms with van der Waals surface area (Å²) in [6.45, 7) is 3.80. The number of amides is 2. The number of benzene rings is 1. The van der Waals surface area contributed by atoms with Crippen molar-refractivity contribution in [2.75, 3.05) is 18.1 Å². The SMILES string of the molecule is CCOC(=O)C(CC1=C(C(=O)O)N2C(=O)[C@@H](NC(=O)/C(=N\OC(C)(C)C(=O)O)c3csc(N)n3)C2SC1)C(=O)c1cc(O)c(O)c(Br)c1. The zero-order valence-corrected chi connectivity index (χ0v) is 28.5. The van der Waals surface area contributed by atoms with Gasteiger partial charge in [-0.1, -0.05) is 5.16 Å². The van der Waals surface area contributed by atoms with Crippen LogP contribution in [0, 0.1) is 5.92 Å². The molecule has 0 radical (unpaired) electrons. The number of carboxylic acid groups (broad SMARTS) is 2. The normalized spacial score (nSPS) is 18.4. The lowest BCUT2D eigenvalue weighted by atomic mass is 9.89. The Bertz CT molecular complexity index is 1750. The number of Topliss-reactive ketones (excluding diaryl/α,β-unsaturated/α-hetero) is 1. The van der Waals surface area contributed by atoms with Gasteiger partial charge in [0.25, 0.3) is 11.8 Å². The fourth-order valence-corrected chi connectivity index (χ4v) is 6.91. The number of ether oxygens (including phenoxy) is 1. The largest absolute Gasteiger partial charge is 0.504 e. The van der Waals surface area contributed by atoms with Crippen LogP contribution in [0.2, 0.25) is 0 Å². The number of phenolic OH excluding ortho intramolecular Hbond substituents is 2. The second-order valence-corrected chi connectivity index (χ2v) is 13.6. The Labute approximate surface area is 287 Å². The van der Waals surface area contributed by atoms with Crippen LogP contribution in [0.5, 0.6) is 11.5 Å². The summed E-state index contributed by atoms with van der Waals surface area (Å²) in [5.74, 6) is -9.35. The molecule has 4 rings (SSSR count). The number of hydrogen-bond donors (Lipinski definition) is 6. The van der Waals surface area contributed by atoms with Gasteiger partial charge in [-0.25, -0.2) is 14.6 Å². The summed E-state index contributed by atoms with van der Waals surface area (Å²) < 4.78 is 5.04. The van der Waals surface area contributed by atoms with Crippen molar-refractivity contribution >= 4 is 85.4 Å². The van der Waals surface area contributed by atoms with Crippen LogP contribution < -0.4 is 11.1 Å². The molecule has 48 heavy (non-hydrogen) atoms. The number of nitrogens with one attached hydrogen (secondary N) is 1. The van der Waals surface area contributed by atoms with Crippen LogP contribution in [0.1, 0.15) is 43.2 Å². The molecule has 1 fully saturated rings. The monoisotopic (exact) mass is 769 g/mol. The van der Waals surface area contributed by atoms with Crippen LogP contribution in [0.4, 0.5) is 5.13 Å². The van der Waals surface area contributed by atoms with Gasteiger partial charge in [-0.15, -0.1) is 23.1 Å². The first kappa shape index (κ1) is 36.2. The van der Waals surface area contributed by atoms with Gasteiger partial charge >= 0.3 is 17.9 Å². The minimum Gasteiger partial charge on any atom is -0.504 e. The van der Waals surface area contributed by atoms with Crippen molar-refractivity contribution in [3.8, 4) is 11.5 Å². The molecule has 3 heterocycles. The van der Waals surface area contributed by atoms with Gasteiger partial charge in [0.2, 0.25) is 5.60 Å². The number of anilines is 1. The van der Waals surface area contributed by atoms with E-state index in [1.165, 1.54) is 32.2 Å². The lowest BCUT2D eigenvalue weighted by Gasteiger charge is -2.49. The van der Waals surface area contributed by atoms with Gasteiger partial charge in [0.05, 0.1) is 11.1 Å². The van der Waals surface area contributed by atoms with Gasteiger partial charge in [-0.3, -0.25) is 24.1 Å². The molecule has 2 amide bonds. The number of nitrogens with two attached hydrogens (primary N) is 1. The predicted octanol–water partition coefficient (Wildman–Crippen LogP) is 1.67. The molecule has 1 aromatic carbocycles. The minimum atomic E-state index is -1.84. The van der Waals surface area contributed by atoms with Crippen LogP contribution in [0.25, 0.3) is 0 Å². The number of nitrogen functional groups attached to an aromatic ring is 1. The van der Waals surface area contributed by atoms with Crippen LogP contribution in [0.15, 0.2) is 38.4 Å². The van der Waals surface area contributed by atoms with E-state index in [2.05, 4.69) is 31.4 Å². The molecular weight excluding hydrogens is 742 g/mol. The third-order valence-electron chi connectivity index (χ3n) is 7.06. The summed E-state index contributed by atoms with van der Waals surface area (Å²) in [5, 5.41) is 46.0.